The van der Waals surface area contributed by atoms with Crippen LogP contribution in [-0.2, 0) is 18.4 Å². The Morgan fingerprint density at radius 1 is 1.27 bits per heavy atom. The van der Waals surface area contributed by atoms with E-state index < -0.39 is 5.60 Å². The lowest BCUT2D eigenvalue weighted by molar-refractivity contribution is 0.0556. The molecule has 136 valence electrons. The van der Waals surface area contributed by atoms with Gasteiger partial charge in [0.15, 0.2) is 0 Å². The third kappa shape index (κ3) is 3.44. The molecule has 1 saturated carbocycles. The topological polar surface area (TPSA) is 66.7 Å². The number of hydrogen-bond donors (Lipinski definition) is 2. The van der Waals surface area contributed by atoms with Crippen molar-refractivity contribution in [3.05, 3.63) is 65.5 Å². The van der Waals surface area contributed by atoms with Crippen LogP contribution in [0.2, 0.25) is 0 Å². The minimum atomic E-state index is -0.978. The van der Waals surface area contributed by atoms with Crippen molar-refractivity contribution in [3.63, 3.8) is 0 Å². The quantitative estimate of drug-likeness (QED) is 0.712. The van der Waals surface area contributed by atoms with Crippen LogP contribution in [0.15, 0.2) is 42.7 Å². The van der Waals surface area contributed by atoms with Crippen LogP contribution >= 0.6 is 0 Å². The van der Waals surface area contributed by atoms with Crippen LogP contribution in [0, 0.1) is 12.3 Å². The summed E-state index contributed by atoms with van der Waals surface area (Å²) in [7, 11) is 0. The zero-order valence-electron chi connectivity index (χ0n) is 15.7. The van der Waals surface area contributed by atoms with Crippen molar-refractivity contribution in [1.82, 2.24) is 19.7 Å². The lowest BCUT2D eigenvalue weighted by Crippen LogP contribution is -2.25. The minimum Gasteiger partial charge on any atom is -0.385 e. The van der Waals surface area contributed by atoms with E-state index in [-0.39, 0.29) is 0 Å². The number of aromatic amines is 1. The van der Waals surface area contributed by atoms with Crippen LogP contribution in [0.25, 0.3) is 5.69 Å². The Bertz CT molecular complexity index is 887. The lowest BCUT2D eigenvalue weighted by atomic mass is 9.92. The highest BCUT2D eigenvalue weighted by Crippen LogP contribution is 2.47. The molecule has 5 heteroatoms. The fourth-order valence-electron chi connectivity index (χ4n) is 3.44. The van der Waals surface area contributed by atoms with Gasteiger partial charge >= 0.3 is 0 Å². The highest BCUT2D eigenvalue weighted by atomic mass is 16.3. The zero-order chi connectivity index (χ0) is 18.4. The molecule has 2 aromatic heterocycles. The Morgan fingerprint density at radius 3 is 2.62 bits per heavy atom. The molecular formula is C21H26N4O. The molecular weight excluding hydrogens is 324 g/mol. The van der Waals surface area contributed by atoms with Crippen LogP contribution in [0.1, 0.15) is 49.5 Å². The largest absolute Gasteiger partial charge is 0.385 e. The maximum absolute atomic E-state index is 11.0. The van der Waals surface area contributed by atoms with Gasteiger partial charge in [-0.25, -0.2) is 9.67 Å². The molecule has 3 aromatic rings. The number of benzene rings is 1. The first-order chi connectivity index (χ1) is 12.3. The van der Waals surface area contributed by atoms with E-state index >= 15 is 0 Å². The number of aliphatic hydroxyl groups is 1. The van der Waals surface area contributed by atoms with E-state index in [9.17, 15) is 5.11 Å². The molecule has 1 unspecified atom stereocenters. The standard InChI is InChI=1S/C21H26N4O/c1-15-18(13-20(2)9-10-20)24-19(23-15)14-21(3,26)16-5-7-17(8-6-16)25-12-4-11-22-25/h4-8,11-12,26H,9-10,13-14H2,1-3H3,(H,23,24). The molecule has 1 atom stereocenters. The Labute approximate surface area is 154 Å². The fourth-order valence-corrected chi connectivity index (χ4v) is 3.44. The van der Waals surface area contributed by atoms with E-state index in [2.05, 4.69) is 23.9 Å². The summed E-state index contributed by atoms with van der Waals surface area (Å²) in [6.07, 6.45) is 7.72. The normalized spacial score (nSPS) is 17.8. The number of H-pyrrole nitrogens is 1. The molecule has 5 nitrogen and oxygen atoms in total. The lowest BCUT2D eigenvalue weighted by Gasteiger charge is -2.23. The number of nitrogens with zero attached hydrogens (tertiary/aromatic N) is 3. The van der Waals surface area contributed by atoms with Gasteiger partial charge in [0.05, 0.1) is 17.0 Å². The van der Waals surface area contributed by atoms with Crippen LogP contribution < -0.4 is 0 Å². The van der Waals surface area contributed by atoms with E-state index in [4.69, 9.17) is 4.98 Å². The van der Waals surface area contributed by atoms with Gasteiger partial charge in [0, 0.05) is 24.5 Å². The van der Waals surface area contributed by atoms with E-state index in [1.807, 2.05) is 43.5 Å². The van der Waals surface area contributed by atoms with Crippen molar-refractivity contribution in [2.75, 3.05) is 0 Å². The Kier molecular flexibility index (Phi) is 3.99. The number of nitrogens with one attached hydrogen (secondary N) is 1. The third-order valence-electron chi connectivity index (χ3n) is 5.50. The summed E-state index contributed by atoms with van der Waals surface area (Å²) in [4.78, 5) is 8.14. The molecule has 4 rings (SSSR count). The van der Waals surface area contributed by atoms with Gasteiger partial charge in [-0.3, -0.25) is 0 Å². The highest BCUT2D eigenvalue weighted by Gasteiger charge is 2.38. The summed E-state index contributed by atoms with van der Waals surface area (Å²) >= 11 is 0. The fraction of sp³-hybridized carbons (Fsp3) is 0.429. The molecule has 1 fully saturated rings. The summed E-state index contributed by atoms with van der Waals surface area (Å²) in [5, 5.41) is 15.3. The number of rotatable bonds is 6. The second-order valence-corrected chi connectivity index (χ2v) is 8.19. The Balaban J connectivity index is 1.50. The Hall–Kier alpha value is -2.40. The highest BCUT2D eigenvalue weighted by molar-refractivity contribution is 5.36. The first kappa shape index (κ1) is 17.0. The van der Waals surface area contributed by atoms with E-state index in [1.54, 1.807) is 10.9 Å². The SMILES string of the molecule is Cc1[nH]c(CC(C)(O)c2ccc(-n3cccn3)cc2)nc1CC1(C)CC1. The van der Waals surface area contributed by atoms with Crippen molar-refractivity contribution in [2.45, 2.75) is 52.1 Å². The number of aromatic nitrogens is 4. The molecule has 0 bridgehead atoms. The Morgan fingerprint density at radius 2 is 2.00 bits per heavy atom. The maximum atomic E-state index is 11.0. The summed E-state index contributed by atoms with van der Waals surface area (Å²) in [5.74, 6) is 0.850. The molecule has 26 heavy (non-hydrogen) atoms. The van der Waals surface area contributed by atoms with Crippen LogP contribution in [0.3, 0.4) is 0 Å². The second-order valence-electron chi connectivity index (χ2n) is 8.19. The van der Waals surface area contributed by atoms with E-state index in [0.717, 1.165) is 34.9 Å². The molecule has 1 aromatic carbocycles. The van der Waals surface area contributed by atoms with Crippen molar-refractivity contribution in [2.24, 2.45) is 5.41 Å². The van der Waals surface area contributed by atoms with E-state index in [0.29, 0.717) is 11.8 Å². The molecule has 0 saturated heterocycles. The number of imidazole rings is 1. The minimum absolute atomic E-state index is 0.433. The van der Waals surface area contributed by atoms with Gasteiger partial charge < -0.3 is 10.1 Å². The van der Waals surface area contributed by atoms with E-state index in [1.165, 1.54) is 12.8 Å². The van der Waals surface area contributed by atoms with Gasteiger partial charge in [-0.05, 0) is 62.3 Å². The van der Waals surface area contributed by atoms with Gasteiger partial charge in [-0.1, -0.05) is 19.1 Å². The summed E-state index contributed by atoms with van der Waals surface area (Å²) in [6.45, 7) is 6.24. The summed E-state index contributed by atoms with van der Waals surface area (Å²) in [6, 6.07) is 9.76. The van der Waals surface area contributed by atoms with Crippen LogP contribution in [0.5, 0.6) is 0 Å². The second kappa shape index (κ2) is 6.09. The van der Waals surface area contributed by atoms with Crippen LogP contribution in [-0.4, -0.2) is 24.9 Å². The number of hydrogen-bond acceptors (Lipinski definition) is 3. The molecule has 1 aliphatic carbocycles. The monoisotopic (exact) mass is 350 g/mol. The smallest absolute Gasteiger partial charge is 0.109 e. The van der Waals surface area contributed by atoms with Crippen molar-refractivity contribution < 1.29 is 5.11 Å². The molecule has 0 radical (unpaired) electrons. The van der Waals surface area contributed by atoms with Crippen molar-refractivity contribution >= 4 is 0 Å². The zero-order valence-corrected chi connectivity index (χ0v) is 15.7. The van der Waals surface area contributed by atoms with Gasteiger partial charge in [-0.2, -0.15) is 5.10 Å². The molecule has 2 N–H and O–H groups in total. The predicted molar refractivity (Wildman–Crippen MR) is 101 cm³/mol. The first-order valence-electron chi connectivity index (χ1n) is 9.22. The molecule has 2 heterocycles. The van der Waals surface area contributed by atoms with Gasteiger partial charge in [0.1, 0.15) is 5.82 Å². The van der Waals surface area contributed by atoms with Gasteiger partial charge in [0.2, 0.25) is 0 Å². The average molecular weight is 350 g/mol. The molecule has 0 spiro atoms. The predicted octanol–water partition coefficient (Wildman–Crippen LogP) is 3.70. The van der Waals surface area contributed by atoms with Crippen molar-refractivity contribution in [3.8, 4) is 5.69 Å². The average Bonchev–Trinajstić information content (AvgIpc) is 2.99. The summed E-state index contributed by atoms with van der Waals surface area (Å²) < 4.78 is 1.80. The molecule has 0 aliphatic heterocycles. The molecule has 0 amide bonds. The van der Waals surface area contributed by atoms with Gasteiger partial charge in [-0.15, -0.1) is 0 Å². The van der Waals surface area contributed by atoms with Gasteiger partial charge in [0.25, 0.3) is 0 Å². The third-order valence-corrected chi connectivity index (χ3v) is 5.50. The number of aryl methyl sites for hydroxylation is 1. The van der Waals surface area contributed by atoms with Crippen LogP contribution in [0.4, 0.5) is 0 Å². The first-order valence-corrected chi connectivity index (χ1v) is 9.22. The summed E-state index contributed by atoms with van der Waals surface area (Å²) in [5.41, 5.74) is 3.57. The molecule has 1 aliphatic rings. The maximum Gasteiger partial charge on any atom is 0.109 e. The van der Waals surface area contributed by atoms with Crippen molar-refractivity contribution in [1.29, 1.82) is 0 Å².